The van der Waals surface area contributed by atoms with Gasteiger partial charge in [-0.05, 0) is 49.0 Å². The molecule has 1 heterocycles. The average Bonchev–Trinajstić information content (AvgIpc) is 2.81. The molecule has 33 heavy (non-hydrogen) atoms. The summed E-state index contributed by atoms with van der Waals surface area (Å²) in [6, 6.07) is 17.2. The van der Waals surface area contributed by atoms with Crippen molar-refractivity contribution >= 4 is 34.1 Å². The first-order valence-corrected chi connectivity index (χ1v) is 10.8. The van der Waals surface area contributed by atoms with Crippen molar-refractivity contribution in [2.75, 3.05) is 26.4 Å². The zero-order valence-corrected chi connectivity index (χ0v) is 18.8. The normalized spacial score (nSPS) is 10.8. The van der Waals surface area contributed by atoms with Gasteiger partial charge in [0.2, 0.25) is 0 Å². The highest BCUT2D eigenvalue weighted by Gasteiger charge is 2.23. The van der Waals surface area contributed by atoms with Crippen LogP contribution in [0.2, 0.25) is 0 Å². The number of ketones is 1. The van der Waals surface area contributed by atoms with Gasteiger partial charge in [0.1, 0.15) is 23.7 Å². The topological polar surface area (TPSA) is 78.1 Å². The smallest absolute Gasteiger partial charge is 0.194 e. The second-order valence-electron chi connectivity index (χ2n) is 7.37. The Hall–Kier alpha value is -3.64. The fourth-order valence-corrected chi connectivity index (χ4v) is 3.72. The number of hydrogen-bond donors (Lipinski definition) is 0. The van der Waals surface area contributed by atoms with E-state index in [9.17, 15) is 9.59 Å². The van der Waals surface area contributed by atoms with Crippen LogP contribution in [-0.4, -0.2) is 37.3 Å². The van der Waals surface area contributed by atoms with Gasteiger partial charge in [-0.1, -0.05) is 24.3 Å². The third-order valence-corrected chi connectivity index (χ3v) is 5.32. The van der Waals surface area contributed by atoms with Crippen molar-refractivity contribution in [1.29, 1.82) is 0 Å². The first kappa shape index (κ1) is 22.6. The van der Waals surface area contributed by atoms with Gasteiger partial charge in [0.05, 0.1) is 24.9 Å². The van der Waals surface area contributed by atoms with Gasteiger partial charge in [0.15, 0.2) is 11.2 Å². The Morgan fingerprint density at radius 1 is 1.06 bits per heavy atom. The molecule has 1 aliphatic carbocycles. The number of carbonyl (C=O) groups is 1. The number of aliphatic imine (C=N–C) groups is 1. The lowest BCUT2D eigenvalue weighted by atomic mass is 9.91. The van der Waals surface area contributed by atoms with Crippen LogP contribution in [0.25, 0.3) is 22.3 Å². The number of thiocarbonyl (C=S) groups is 1. The van der Waals surface area contributed by atoms with Gasteiger partial charge >= 0.3 is 0 Å². The van der Waals surface area contributed by atoms with Gasteiger partial charge < -0.3 is 13.9 Å². The molecule has 0 spiro atoms. The minimum Gasteiger partial charge on any atom is -0.491 e. The molecular weight excluding hydrogens is 438 g/mol. The van der Waals surface area contributed by atoms with E-state index in [0.717, 1.165) is 5.56 Å². The van der Waals surface area contributed by atoms with Crippen molar-refractivity contribution < 1.29 is 18.7 Å². The molecule has 0 saturated carbocycles. The van der Waals surface area contributed by atoms with Crippen LogP contribution in [0.4, 0.5) is 0 Å². The van der Waals surface area contributed by atoms with E-state index >= 15 is 0 Å². The maximum absolute atomic E-state index is 13.6. The van der Waals surface area contributed by atoms with Crippen molar-refractivity contribution in [3.05, 3.63) is 87.6 Å². The van der Waals surface area contributed by atoms with E-state index in [1.807, 2.05) is 25.1 Å². The summed E-state index contributed by atoms with van der Waals surface area (Å²) in [7, 11) is 0. The standard InChI is InChI=1S/C26H21NO5S/c1-17-4-2-3-5-20(17)26(29)25-21-8-6-18(28)14-23(21)32-24-15-19(7-9-22(24)25)31-13-12-30-11-10-27-16-33/h2-9,14-15H,10-13H2,1H3. The molecule has 2 aromatic carbocycles. The Morgan fingerprint density at radius 3 is 2.73 bits per heavy atom. The third kappa shape index (κ3) is 5.07. The van der Waals surface area contributed by atoms with Crippen molar-refractivity contribution in [2.24, 2.45) is 4.99 Å². The Kier molecular flexibility index (Phi) is 7.05. The highest BCUT2D eigenvalue weighted by Crippen LogP contribution is 2.36. The number of carbonyl (C=O) groups excluding carboxylic acids is 1. The van der Waals surface area contributed by atoms with Crippen LogP contribution < -0.4 is 10.2 Å². The average molecular weight is 460 g/mol. The summed E-state index contributed by atoms with van der Waals surface area (Å²) >= 11 is 4.51. The van der Waals surface area contributed by atoms with E-state index in [0.29, 0.717) is 65.5 Å². The summed E-state index contributed by atoms with van der Waals surface area (Å²) in [5.74, 6) is 0.795. The lowest BCUT2D eigenvalue weighted by molar-refractivity contribution is 0.104. The van der Waals surface area contributed by atoms with E-state index in [1.54, 1.807) is 30.3 Å². The van der Waals surface area contributed by atoms with Gasteiger partial charge in [0.25, 0.3) is 0 Å². The molecule has 0 saturated heterocycles. The Balaban J connectivity index is 1.69. The van der Waals surface area contributed by atoms with E-state index in [2.05, 4.69) is 22.4 Å². The number of nitrogens with zero attached hydrogens (tertiary/aromatic N) is 1. The molecule has 0 bridgehead atoms. The molecule has 0 amide bonds. The molecule has 0 atom stereocenters. The summed E-state index contributed by atoms with van der Waals surface area (Å²) in [6.07, 6.45) is 0. The van der Waals surface area contributed by atoms with Gasteiger partial charge in [-0.3, -0.25) is 9.59 Å². The number of aryl methyl sites for hydroxylation is 1. The van der Waals surface area contributed by atoms with Gasteiger partial charge in [-0.25, -0.2) is 4.99 Å². The molecule has 7 heteroatoms. The molecule has 166 valence electrons. The van der Waals surface area contributed by atoms with Gasteiger partial charge in [-0.15, -0.1) is 0 Å². The fourth-order valence-electron chi connectivity index (χ4n) is 3.62. The van der Waals surface area contributed by atoms with Crippen LogP contribution in [0.5, 0.6) is 5.75 Å². The minimum absolute atomic E-state index is 0.126. The van der Waals surface area contributed by atoms with Crippen molar-refractivity contribution in [2.45, 2.75) is 6.92 Å². The second-order valence-corrected chi connectivity index (χ2v) is 7.55. The maximum atomic E-state index is 13.6. The van der Waals surface area contributed by atoms with Crippen molar-refractivity contribution in [1.82, 2.24) is 0 Å². The molecule has 0 aromatic heterocycles. The van der Waals surface area contributed by atoms with E-state index in [4.69, 9.17) is 13.9 Å². The van der Waals surface area contributed by atoms with Crippen LogP contribution in [-0.2, 0) is 4.74 Å². The molecule has 2 aliphatic rings. The van der Waals surface area contributed by atoms with Crippen LogP contribution in [0, 0.1) is 6.92 Å². The van der Waals surface area contributed by atoms with Crippen LogP contribution in [0.15, 0.2) is 74.9 Å². The zero-order valence-electron chi connectivity index (χ0n) is 18.0. The molecule has 0 fully saturated rings. The number of hydrogen-bond acceptors (Lipinski definition) is 7. The SMILES string of the molecule is Cc1ccccc1C(=O)c1c2ccc(=O)cc-2oc2cc(OCCOCCN=C=S)ccc12. The number of rotatable bonds is 9. The lowest BCUT2D eigenvalue weighted by Gasteiger charge is -2.15. The summed E-state index contributed by atoms with van der Waals surface area (Å²) in [4.78, 5) is 29.3. The van der Waals surface area contributed by atoms with E-state index < -0.39 is 0 Å². The molecule has 0 N–H and O–H groups in total. The zero-order chi connectivity index (χ0) is 23.2. The Morgan fingerprint density at radius 2 is 1.91 bits per heavy atom. The first-order valence-electron chi connectivity index (χ1n) is 10.4. The number of benzene rings is 3. The predicted molar refractivity (Wildman–Crippen MR) is 130 cm³/mol. The molecule has 6 nitrogen and oxygen atoms in total. The third-order valence-electron chi connectivity index (χ3n) is 5.19. The minimum atomic E-state index is -0.192. The van der Waals surface area contributed by atoms with E-state index in [1.165, 1.54) is 12.1 Å². The summed E-state index contributed by atoms with van der Waals surface area (Å²) < 4.78 is 17.2. The molecule has 2 aromatic rings. The summed E-state index contributed by atoms with van der Waals surface area (Å²) in [5, 5.41) is 2.94. The summed E-state index contributed by atoms with van der Waals surface area (Å²) in [6.45, 7) is 3.52. The summed E-state index contributed by atoms with van der Waals surface area (Å²) in [5.41, 5.74) is 2.83. The Bertz CT molecular complexity index is 1390. The Labute approximate surface area is 195 Å². The second kappa shape index (κ2) is 10.3. The monoisotopic (exact) mass is 459 g/mol. The predicted octanol–water partition coefficient (Wildman–Crippen LogP) is 4.94. The molecule has 1 aliphatic heterocycles. The maximum Gasteiger partial charge on any atom is 0.194 e. The largest absolute Gasteiger partial charge is 0.491 e. The highest BCUT2D eigenvalue weighted by atomic mass is 32.1. The van der Waals surface area contributed by atoms with Gasteiger partial charge in [-0.2, -0.15) is 0 Å². The quantitative estimate of drug-likeness (QED) is 0.116. The van der Waals surface area contributed by atoms with Crippen molar-refractivity contribution in [3.8, 4) is 17.1 Å². The lowest BCUT2D eigenvalue weighted by Crippen LogP contribution is -2.10. The number of fused-ring (bicyclic) bond motifs is 2. The molecular formula is C26H21NO5S. The first-order chi connectivity index (χ1) is 16.1. The van der Waals surface area contributed by atoms with Crippen LogP contribution in [0.3, 0.4) is 0 Å². The van der Waals surface area contributed by atoms with Gasteiger partial charge in [0, 0.05) is 34.2 Å². The highest BCUT2D eigenvalue weighted by molar-refractivity contribution is 7.78. The number of ether oxygens (including phenoxy) is 2. The number of isothiocyanates is 1. The van der Waals surface area contributed by atoms with E-state index in [-0.39, 0.29) is 11.2 Å². The van der Waals surface area contributed by atoms with Crippen molar-refractivity contribution in [3.63, 3.8) is 0 Å². The van der Waals surface area contributed by atoms with Crippen LogP contribution >= 0.6 is 12.2 Å². The van der Waals surface area contributed by atoms with Crippen LogP contribution in [0.1, 0.15) is 21.5 Å². The molecule has 4 rings (SSSR count). The molecule has 0 radical (unpaired) electrons. The fraction of sp³-hybridized carbons (Fsp3) is 0.192. The molecule has 0 unspecified atom stereocenters.